The van der Waals surface area contributed by atoms with Gasteiger partial charge in [-0.05, 0) is 0 Å². The third-order valence-corrected chi connectivity index (χ3v) is 4.61. The van der Waals surface area contributed by atoms with Crippen molar-refractivity contribution in [3.63, 3.8) is 0 Å². The van der Waals surface area contributed by atoms with Gasteiger partial charge in [-0.2, -0.15) is 0 Å². The van der Waals surface area contributed by atoms with Crippen molar-refractivity contribution in [2.45, 2.75) is 0 Å². The molecule has 8 bridgehead atoms. The van der Waals surface area contributed by atoms with E-state index in [1.54, 1.807) is 0 Å². The van der Waals surface area contributed by atoms with Crippen molar-refractivity contribution in [3.05, 3.63) is 65.2 Å². The van der Waals surface area contributed by atoms with E-state index in [1.165, 1.54) is 0 Å². The molecule has 5 rings (SSSR count). The van der Waals surface area contributed by atoms with E-state index in [1.807, 2.05) is 60.7 Å². The van der Waals surface area contributed by atoms with Gasteiger partial charge < -0.3 is 0 Å². The van der Waals surface area contributed by atoms with Gasteiger partial charge in [-0.15, -0.1) is 12.4 Å². The van der Waals surface area contributed by atoms with Crippen LogP contribution in [0.2, 0.25) is 0 Å². The number of rotatable bonds is 0. The molecule has 2 N–H and O–H groups in total. The Morgan fingerprint density at radius 3 is 1.69 bits per heavy atom. The molecule has 2 aliphatic rings. The number of nitrogens with one attached hydrogen (secondary N) is 2. The third-order valence-electron chi connectivity index (χ3n) is 4.12. The predicted molar refractivity (Wildman–Crippen MR) is 106 cm³/mol. The van der Waals surface area contributed by atoms with Crippen molar-refractivity contribution in [1.82, 2.24) is 19.9 Å². The fourth-order valence-electron chi connectivity index (χ4n) is 2.98. The Balaban J connectivity index is 0.00000168. The van der Waals surface area contributed by atoms with Crippen LogP contribution >= 0.6 is 12.4 Å². The van der Waals surface area contributed by atoms with Crippen LogP contribution < -0.4 is 4.46 Å². The topological polar surface area (TPSA) is 57.4 Å². The monoisotopic (exact) mass is 400 g/mol. The number of fused-ring (bicyclic) bond motifs is 8. The maximum absolute atomic E-state index is 4.65. The molecule has 0 spiro atoms. The van der Waals surface area contributed by atoms with Crippen molar-refractivity contribution >= 4 is 63.2 Å². The molecule has 128 valence electrons. The maximum atomic E-state index is 4.65. The van der Waals surface area contributed by atoms with Gasteiger partial charge in [-0.25, -0.2) is 0 Å². The number of hydrogen-bond donors (Lipinski definition) is 2. The number of H-pyrrole nitrogens is 2. The summed E-state index contributed by atoms with van der Waals surface area (Å²) in [4.78, 5) is 16.1. The van der Waals surface area contributed by atoms with Crippen LogP contribution in [0.15, 0.2) is 42.5 Å². The summed E-state index contributed by atoms with van der Waals surface area (Å²) >= 11 is 3.61. The van der Waals surface area contributed by atoms with Gasteiger partial charge in [0.05, 0.1) is 0 Å². The Bertz CT molecular complexity index is 1220. The molecule has 0 saturated heterocycles. The normalized spacial score (nSPS) is 12.2. The van der Waals surface area contributed by atoms with E-state index in [2.05, 4.69) is 42.0 Å². The molecule has 4 nitrogen and oxygen atoms in total. The molecule has 6 heteroatoms. The van der Waals surface area contributed by atoms with Crippen molar-refractivity contribution in [3.8, 4) is 0 Å². The molecule has 0 amide bonds. The zero-order valence-electron chi connectivity index (χ0n) is 13.5. The number of hydrogen-bond acceptors (Lipinski definition) is 2. The Kier molecular flexibility index (Phi) is 4.29. The van der Waals surface area contributed by atoms with Crippen molar-refractivity contribution < 1.29 is 16.0 Å². The summed E-state index contributed by atoms with van der Waals surface area (Å²) in [5.74, 6) is 0. The SMILES string of the molecule is Cl.[Mn][c]1cc2cc3nc(cc4ccc(cc5nc(cc1[nH]2)C=C5)[nH]4)C=C3. The minimum atomic E-state index is 0. The van der Waals surface area contributed by atoms with Crippen LogP contribution in [-0.2, 0) is 16.0 Å². The Hall–Kier alpha value is -2.59. The van der Waals surface area contributed by atoms with E-state index >= 15 is 0 Å². The average Bonchev–Trinajstić information content (AvgIpc) is 3.33. The first-order chi connectivity index (χ1) is 12.2. The van der Waals surface area contributed by atoms with Crippen LogP contribution in [-0.4, -0.2) is 19.9 Å². The minimum absolute atomic E-state index is 0. The molecule has 0 aromatic carbocycles. The molecule has 3 aromatic rings. The van der Waals surface area contributed by atoms with E-state index in [4.69, 9.17) is 0 Å². The van der Waals surface area contributed by atoms with Gasteiger partial charge >= 0.3 is 152 Å². The van der Waals surface area contributed by atoms with Gasteiger partial charge in [0, 0.05) is 0 Å². The van der Waals surface area contributed by atoms with E-state index < -0.39 is 0 Å². The number of aromatic amines is 2. The Morgan fingerprint density at radius 2 is 1.12 bits per heavy atom. The first kappa shape index (κ1) is 16.9. The molecule has 0 atom stereocenters. The van der Waals surface area contributed by atoms with Gasteiger partial charge in [-0.3, -0.25) is 0 Å². The summed E-state index contributed by atoms with van der Waals surface area (Å²) in [6, 6.07) is 14.3. The van der Waals surface area contributed by atoms with E-state index in [-0.39, 0.29) is 12.4 Å². The zero-order valence-corrected chi connectivity index (χ0v) is 15.5. The van der Waals surface area contributed by atoms with Crippen molar-refractivity contribution in [2.24, 2.45) is 0 Å². The molecule has 3 aromatic heterocycles. The van der Waals surface area contributed by atoms with Crippen LogP contribution in [0.25, 0.3) is 46.4 Å². The summed E-state index contributed by atoms with van der Waals surface area (Å²) in [5.41, 5.74) is 7.72. The second-order valence-corrected chi connectivity index (χ2v) is 6.66. The molecule has 5 heterocycles. The molecule has 0 radical (unpaired) electrons. The second kappa shape index (κ2) is 6.61. The second-order valence-electron chi connectivity index (χ2n) is 6.02. The fourth-order valence-corrected chi connectivity index (χ4v) is 3.32. The predicted octanol–water partition coefficient (Wildman–Crippen LogP) is 4.25. The first-order valence-corrected chi connectivity index (χ1v) is 8.54. The van der Waals surface area contributed by atoms with Crippen LogP contribution in [0.3, 0.4) is 0 Å². The fraction of sp³-hybridized carbons (Fsp3) is 0. The van der Waals surface area contributed by atoms with E-state index in [0.29, 0.717) is 0 Å². The summed E-state index contributed by atoms with van der Waals surface area (Å²) in [6.07, 6.45) is 8.07. The Morgan fingerprint density at radius 1 is 0.615 bits per heavy atom. The zero-order chi connectivity index (χ0) is 16.8. The van der Waals surface area contributed by atoms with Crippen LogP contribution in [0.4, 0.5) is 0 Å². The average molecular weight is 401 g/mol. The summed E-state index contributed by atoms with van der Waals surface area (Å²) in [6.45, 7) is 0. The number of aromatic nitrogens is 4. The van der Waals surface area contributed by atoms with Crippen LogP contribution in [0.5, 0.6) is 0 Å². The van der Waals surface area contributed by atoms with Crippen LogP contribution in [0, 0.1) is 0 Å². The van der Waals surface area contributed by atoms with Gasteiger partial charge in [0.1, 0.15) is 0 Å². The molecule has 0 fully saturated rings. The molecule has 0 aliphatic carbocycles. The van der Waals surface area contributed by atoms with E-state index in [9.17, 15) is 0 Å². The summed E-state index contributed by atoms with van der Waals surface area (Å²) in [7, 11) is 0. The molecule has 2 aliphatic heterocycles. The summed E-state index contributed by atoms with van der Waals surface area (Å²) < 4.78 is 1.00. The van der Waals surface area contributed by atoms with Crippen molar-refractivity contribution in [2.75, 3.05) is 0 Å². The van der Waals surface area contributed by atoms with Gasteiger partial charge in [0.25, 0.3) is 0 Å². The summed E-state index contributed by atoms with van der Waals surface area (Å²) in [5, 5.41) is 0. The molecular formula is C20H14ClMnN4. The molecule has 26 heavy (non-hydrogen) atoms. The van der Waals surface area contributed by atoms with Gasteiger partial charge in [0.2, 0.25) is 0 Å². The molecular weight excluding hydrogens is 387 g/mol. The third kappa shape index (κ3) is 3.25. The molecule has 0 saturated carbocycles. The van der Waals surface area contributed by atoms with Gasteiger partial charge in [-0.1, -0.05) is 0 Å². The number of nitrogens with zero attached hydrogens (tertiary/aromatic N) is 2. The van der Waals surface area contributed by atoms with Crippen LogP contribution in [0.1, 0.15) is 22.8 Å². The molecule has 0 unspecified atom stereocenters. The Labute approximate surface area is 164 Å². The van der Waals surface area contributed by atoms with E-state index in [0.717, 1.165) is 49.3 Å². The van der Waals surface area contributed by atoms with Crippen molar-refractivity contribution in [1.29, 1.82) is 0 Å². The standard InChI is InChI=1S/C20H13N4.ClH.Mn/c1-2-14-10-16-5-6-18(23-16)12-20-8-7-19(24-20)11-17-4-3-15(22-17)9-13(1)21-14;;/h1-7,9-12,21,24H;1H;. The van der Waals surface area contributed by atoms with Gasteiger partial charge in [0.15, 0.2) is 0 Å². The first-order valence-electron chi connectivity index (χ1n) is 7.95. The number of halogens is 1. The quantitative estimate of drug-likeness (QED) is 0.382.